The average Bonchev–Trinajstić information content (AvgIpc) is 3.74. The number of amides is 3. The molecule has 7 rings (SSSR count). The lowest BCUT2D eigenvalue weighted by atomic mass is 9.97. The molecule has 1 aliphatic heterocycles. The summed E-state index contributed by atoms with van der Waals surface area (Å²) in [5.74, 6) is -0.339. The number of pyridine rings is 1. The van der Waals surface area contributed by atoms with Gasteiger partial charge in [0, 0.05) is 34.4 Å². The molecule has 2 bridgehead atoms. The van der Waals surface area contributed by atoms with E-state index in [2.05, 4.69) is 20.5 Å². The topological polar surface area (TPSA) is 139 Å². The van der Waals surface area contributed by atoms with Gasteiger partial charge in [-0.2, -0.15) is 5.10 Å². The number of thiophene rings is 1. The first-order valence-electron chi connectivity index (χ1n) is 13.3. The molecule has 5 aromatic rings. The number of benzene rings is 1. The second kappa shape index (κ2) is 9.30. The highest BCUT2D eigenvalue weighted by atomic mass is 32.1. The van der Waals surface area contributed by atoms with E-state index in [0.717, 1.165) is 51.9 Å². The first-order chi connectivity index (χ1) is 19.4. The Morgan fingerprint density at radius 2 is 2.05 bits per heavy atom. The number of rotatable bonds is 6. The molecule has 0 spiro atoms. The normalized spacial score (nSPS) is 20.0. The van der Waals surface area contributed by atoms with Crippen molar-refractivity contribution < 1.29 is 14.4 Å². The summed E-state index contributed by atoms with van der Waals surface area (Å²) in [6.07, 6.45) is 4.25. The van der Waals surface area contributed by atoms with Crippen molar-refractivity contribution in [2.24, 2.45) is 11.7 Å². The fourth-order valence-corrected chi connectivity index (χ4v) is 7.30. The fraction of sp³-hybridized carbons (Fsp3) is 0.276. The van der Waals surface area contributed by atoms with Gasteiger partial charge < -0.3 is 20.5 Å². The van der Waals surface area contributed by atoms with E-state index in [1.165, 1.54) is 0 Å². The van der Waals surface area contributed by atoms with Crippen LogP contribution in [0.3, 0.4) is 0 Å². The molecule has 11 heteroatoms. The third-order valence-electron chi connectivity index (χ3n) is 8.18. The van der Waals surface area contributed by atoms with E-state index in [1.807, 2.05) is 48.7 Å². The largest absolute Gasteiger partial charge is 0.366 e. The van der Waals surface area contributed by atoms with Crippen molar-refractivity contribution in [2.75, 3.05) is 5.32 Å². The van der Waals surface area contributed by atoms with Crippen molar-refractivity contribution in [1.29, 1.82) is 0 Å². The Kier molecular flexibility index (Phi) is 5.70. The standard InChI is InChI=1S/C29H27N7O3S/c1-15-3-2-4-23(31-15)32-29(39)26-17-5-7-18(11-17)36(26)24(37)14-35-13-20(28(30)38)19-12-16(6-8-22(19)35)25-27-21(33-34-25)9-10-40-27/h2-4,6,8-10,12-13,17-18,26H,5,7,11,14H2,1H3,(H2,30,38)(H,33,34)(H,31,32,39)/t17-,18+,26-/m0/s1. The molecule has 4 aromatic heterocycles. The van der Waals surface area contributed by atoms with Gasteiger partial charge in [-0.15, -0.1) is 11.3 Å². The van der Waals surface area contributed by atoms with E-state index < -0.39 is 11.9 Å². The number of hydrogen-bond donors (Lipinski definition) is 3. The SMILES string of the molecule is Cc1cccc(NC(=O)[C@@H]2[C@H]3CC[C@H](C3)N2C(=O)Cn2cc(C(N)=O)c3cc(-c4n[nH]c5ccsc45)ccc32)n1. The summed E-state index contributed by atoms with van der Waals surface area (Å²) in [7, 11) is 0. The van der Waals surface area contributed by atoms with Crippen molar-refractivity contribution >= 4 is 56.0 Å². The molecule has 2 aliphatic rings. The van der Waals surface area contributed by atoms with Crippen molar-refractivity contribution in [3.8, 4) is 11.3 Å². The van der Waals surface area contributed by atoms with Crippen molar-refractivity contribution in [2.45, 2.75) is 44.8 Å². The lowest BCUT2D eigenvalue weighted by Crippen LogP contribution is -2.51. The summed E-state index contributed by atoms with van der Waals surface area (Å²) in [5, 5.41) is 13.1. The van der Waals surface area contributed by atoms with Crippen molar-refractivity contribution in [3.63, 3.8) is 0 Å². The Bertz CT molecular complexity index is 1820. The number of carbonyl (C=O) groups is 3. The molecule has 1 aromatic carbocycles. The fourth-order valence-electron chi connectivity index (χ4n) is 6.44. The zero-order valence-corrected chi connectivity index (χ0v) is 22.6. The number of anilines is 1. The van der Waals surface area contributed by atoms with Gasteiger partial charge in [-0.25, -0.2) is 4.98 Å². The number of nitrogens with one attached hydrogen (secondary N) is 2. The maximum Gasteiger partial charge on any atom is 0.250 e. The molecule has 1 saturated heterocycles. The number of primary amides is 1. The van der Waals surface area contributed by atoms with Gasteiger partial charge in [0.25, 0.3) is 5.91 Å². The summed E-state index contributed by atoms with van der Waals surface area (Å²) in [4.78, 5) is 45.7. The minimum Gasteiger partial charge on any atom is -0.366 e. The van der Waals surface area contributed by atoms with Crippen molar-refractivity contribution in [3.05, 3.63) is 65.3 Å². The Morgan fingerprint density at radius 1 is 1.18 bits per heavy atom. The van der Waals surface area contributed by atoms with Gasteiger partial charge in [0.05, 0.1) is 15.8 Å². The molecule has 40 heavy (non-hydrogen) atoms. The van der Waals surface area contributed by atoms with E-state index in [4.69, 9.17) is 5.73 Å². The quantitative estimate of drug-likeness (QED) is 0.291. The number of aromatic amines is 1. The number of carbonyl (C=O) groups excluding carboxylic acids is 3. The number of H-pyrrole nitrogens is 1. The van der Waals surface area contributed by atoms with Crippen LogP contribution in [0.4, 0.5) is 5.82 Å². The monoisotopic (exact) mass is 553 g/mol. The molecule has 0 unspecified atom stereocenters. The van der Waals surface area contributed by atoms with Crippen LogP contribution < -0.4 is 11.1 Å². The lowest BCUT2D eigenvalue weighted by molar-refractivity contribution is -0.141. The number of piperidine rings is 1. The van der Waals surface area contributed by atoms with Gasteiger partial charge >= 0.3 is 0 Å². The summed E-state index contributed by atoms with van der Waals surface area (Å²) < 4.78 is 2.79. The van der Waals surface area contributed by atoms with E-state index in [0.29, 0.717) is 16.8 Å². The minimum atomic E-state index is -0.570. The number of fused-ring (bicyclic) bond motifs is 4. The van der Waals surface area contributed by atoms with E-state index in [1.54, 1.807) is 33.1 Å². The van der Waals surface area contributed by atoms with Crippen LogP contribution in [0.2, 0.25) is 0 Å². The number of nitrogens with two attached hydrogens (primary N) is 1. The van der Waals surface area contributed by atoms with Crippen LogP contribution in [0, 0.1) is 12.8 Å². The third-order valence-corrected chi connectivity index (χ3v) is 9.10. The maximum atomic E-state index is 13.8. The zero-order valence-electron chi connectivity index (χ0n) is 21.8. The molecule has 10 nitrogen and oxygen atoms in total. The van der Waals surface area contributed by atoms with Crippen LogP contribution in [0.5, 0.6) is 0 Å². The molecule has 5 heterocycles. The molecule has 3 atom stereocenters. The number of aryl methyl sites for hydroxylation is 1. The van der Waals surface area contributed by atoms with Crippen LogP contribution in [-0.2, 0) is 16.1 Å². The highest BCUT2D eigenvalue weighted by molar-refractivity contribution is 7.17. The predicted molar refractivity (Wildman–Crippen MR) is 153 cm³/mol. The van der Waals surface area contributed by atoms with Crippen LogP contribution in [-0.4, -0.2) is 54.5 Å². The van der Waals surface area contributed by atoms with Crippen LogP contribution in [0.15, 0.2) is 54.0 Å². The Balaban J connectivity index is 1.19. The Hall–Kier alpha value is -4.51. The predicted octanol–water partition coefficient (Wildman–Crippen LogP) is 4.07. The van der Waals surface area contributed by atoms with Gasteiger partial charge in [-0.05, 0) is 67.8 Å². The van der Waals surface area contributed by atoms with Gasteiger partial charge in [0.1, 0.15) is 24.1 Å². The summed E-state index contributed by atoms with van der Waals surface area (Å²) >= 11 is 1.59. The smallest absolute Gasteiger partial charge is 0.250 e. The van der Waals surface area contributed by atoms with Crippen LogP contribution >= 0.6 is 11.3 Å². The molecule has 3 amide bonds. The highest BCUT2D eigenvalue weighted by Gasteiger charge is 2.51. The molecule has 202 valence electrons. The average molecular weight is 554 g/mol. The van der Waals surface area contributed by atoms with Crippen molar-refractivity contribution in [1.82, 2.24) is 24.6 Å². The second-order valence-electron chi connectivity index (χ2n) is 10.6. The summed E-state index contributed by atoms with van der Waals surface area (Å²) in [6, 6.07) is 12.6. The zero-order chi connectivity index (χ0) is 27.5. The van der Waals surface area contributed by atoms with Gasteiger partial charge in [0.15, 0.2) is 0 Å². The highest BCUT2D eigenvalue weighted by Crippen LogP contribution is 2.43. The number of likely N-dealkylation sites (tertiary alicyclic amines) is 1. The number of aromatic nitrogens is 4. The first-order valence-corrected chi connectivity index (χ1v) is 14.2. The lowest BCUT2D eigenvalue weighted by Gasteiger charge is -2.34. The Labute approximate surface area is 233 Å². The van der Waals surface area contributed by atoms with Crippen LogP contribution in [0.1, 0.15) is 35.3 Å². The second-order valence-corrected chi connectivity index (χ2v) is 11.5. The summed E-state index contributed by atoms with van der Waals surface area (Å²) in [5.41, 5.74) is 10.2. The third kappa shape index (κ3) is 3.96. The molecule has 1 aliphatic carbocycles. The molecular formula is C29H27N7O3S. The summed E-state index contributed by atoms with van der Waals surface area (Å²) in [6.45, 7) is 1.86. The minimum absolute atomic E-state index is 0.00357. The number of hydrogen-bond acceptors (Lipinski definition) is 6. The molecular weight excluding hydrogens is 526 g/mol. The first kappa shape index (κ1) is 24.5. The van der Waals surface area contributed by atoms with E-state index in [9.17, 15) is 14.4 Å². The van der Waals surface area contributed by atoms with E-state index in [-0.39, 0.29) is 30.3 Å². The van der Waals surface area contributed by atoms with Gasteiger partial charge in [-0.1, -0.05) is 12.1 Å². The molecule has 0 radical (unpaired) electrons. The van der Waals surface area contributed by atoms with Crippen LogP contribution in [0.25, 0.3) is 32.4 Å². The molecule has 1 saturated carbocycles. The number of nitrogens with zero attached hydrogens (tertiary/aromatic N) is 4. The van der Waals surface area contributed by atoms with E-state index >= 15 is 0 Å². The maximum absolute atomic E-state index is 13.8. The van der Waals surface area contributed by atoms with Gasteiger partial charge in [-0.3, -0.25) is 19.5 Å². The Morgan fingerprint density at radius 3 is 2.88 bits per heavy atom. The molecule has 4 N–H and O–H groups in total. The van der Waals surface area contributed by atoms with Gasteiger partial charge in [0.2, 0.25) is 11.8 Å². The molecule has 2 fully saturated rings.